The molecule has 1 saturated heterocycles. The van der Waals surface area contributed by atoms with Crippen LogP contribution in [-0.4, -0.2) is 34.1 Å². The van der Waals surface area contributed by atoms with Crippen molar-refractivity contribution < 1.29 is 13.6 Å². The normalized spacial score (nSPS) is 18.0. The monoisotopic (exact) mass is 314 g/mol. The molecule has 0 aliphatic carbocycles. The van der Waals surface area contributed by atoms with Gasteiger partial charge < -0.3 is 15.1 Å². The molecule has 4 rings (SSSR count). The van der Waals surface area contributed by atoms with Gasteiger partial charge in [0.05, 0.1) is 17.6 Å². The summed E-state index contributed by atoms with van der Waals surface area (Å²) in [6.07, 6.45) is 2.37. The van der Waals surface area contributed by atoms with Crippen LogP contribution < -0.4 is 5.73 Å². The summed E-state index contributed by atoms with van der Waals surface area (Å²) in [4.78, 5) is 14.3. The van der Waals surface area contributed by atoms with E-state index in [1.807, 2.05) is 0 Å². The number of aromatic nitrogens is 2. The van der Waals surface area contributed by atoms with Crippen LogP contribution in [0.2, 0.25) is 0 Å². The lowest BCUT2D eigenvalue weighted by Crippen LogP contribution is -2.28. The number of benzene rings is 1. The summed E-state index contributed by atoms with van der Waals surface area (Å²) in [5, 5.41) is 7.39. The Balaban J connectivity index is 1.57. The van der Waals surface area contributed by atoms with E-state index in [1.165, 1.54) is 6.07 Å². The van der Waals surface area contributed by atoms with Gasteiger partial charge in [-0.1, -0.05) is 12.1 Å². The number of anilines is 1. The van der Waals surface area contributed by atoms with E-state index in [9.17, 15) is 9.18 Å². The van der Waals surface area contributed by atoms with Gasteiger partial charge in [0, 0.05) is 24.4 Å². The summed E-state index contributed by atoms with van der Waals surface area (Å²) in [6, 6.07) is 6.21. The molecule has 118 valence electrons. The summed E-state index contributed by atoms with van der Waals surface area (Å²) >= 11 is 0. The first kappa shape index (κ1) is 13.8. The number of hydrogen-bond acceptors (Lipinski definition) is 4. The maximum absolute atomic E-state index is 13.7. The number of carbonyl (C=O) groups excluding carboxylic acids is 1. The molecule has 1 aliphatic rings. The number of nitrogens with one attached hydrogen (secondary N) is 1. The molecule has 7 heteroatoms. The number of para-hydroxylation sites is 1. The minimum atomic E-state index is -0.467. The van der Waals surface area contributed by atoms with E-state index in [0.29, 0.717) is 24.2 Å². The molecule has 1 aromatic carbocycles. The molecule has 23 heavy (non-hydrogen) atoms. The maximum Gasteiger partial charge on any atom is 0.289 e. The number of likely N-dealkylation sites (tertiary alicyclic amines) is 1. The van der Waals surface area contributed by atoms with Gasteiger partial charge in [-0.3, -0.25) is 9.89 Å². The highest BCUT2D eigenvalue weighted by molar-refractivity contribution is 5.96. The van der Waals surface area contributed by atoms with Gasteiger partial charge in [0.25, 0.3) is 5.91 Å². The minimum absolute atomic E-state index is 0.115. The number of furan rings is 1. The molecule has 0 saturated carbocycles. The topological polar surface area (TPSA) is 88.1 Å². The van der Waals surface area contributed by atoms with E-state index >= 15 is 0 Å². The Morgan fingerprint density at radius 3 is 3.09 bits per heavy atom. The number of amides is 1. The van der Waals surface area contributed by atoms with Crippen LogP contribution in [0.5, 0.6) is 0 Å². The first-order valence-corrected chi connectivity index (χ1v) is 7.39. The highest BCUT2D eigenvalue weighted by Gasteiger charge is 2.31. The lowest BCUT2D eigenvalue weighted by Gasteiger charge is -2.14. The smallest absolute Gasteiger partial charge is 0.289 e. The third-order valence-corrected chi connectivity index (χ3v) is 4.29. The number of nitrogens with two attached hydrogens (primary N) is 1. The Bertz CT molecular complexity index is 885. The standard InChI is InChI=1S/C16H15FN4O2/c17-11-3-1-2-9-6-13(23-15(9)11)16(22)21-5-4-10(8-21)14-12(18)7-19-20-14/h1-3,6-7,10H,4-5,8,18H2,(H,19,20). The van der Waals surface area contributed by atoms with Crippen LogP contribution in [0.3, 0.4) is 0 Å². The number of H-pyrrole nitrogens is 1. The van der Waals surface area contributed by atoms with E-state index in [-0.39, 0.29) is 23.2 Å². The van der Waals surface area contributed by atoms with Gasteiger partial charge in [-0.15, -0.1) is 0 Å². The van der Waals surface area contributed by atoms with Crippen molar-refractivity contribution in [3.63, 3.8) is 0 Å². The number of hydrogen-bond donors (Lipinski definition) is 2. The molecule has 1 unspecified atom stereocenters. The predicted octanol–water partition coefficient (Wildman–Crippen LogP) is 2.51. The summed E-state index contributed by atoms with van der Waals surface area (Å²) in [5.41, 5.74) is 7.44. The summed E-state index contributed by atoms with van der Waals surface area (Å²) < 4.78 is 19.1. The summed E-state index contributed by atoms with van der Waals surface area (Å²) in [6.45, 7) is 1.13. The summed E-state index contributed by atoms with van der Waals surface area (Å²) in [7, 11) is 0. The Morgan fingerprint density at radius 1 is 1.48 bits per heavy atom. The highest BCUT2D eigenvalue weighted by Crippen LogP contribution is 2.31. The van der Waals surface area contributed by atoms with E-state index in [1.54, 1.807) is 29.3 Å². The molecule has 1 fully saturated rings. The average Bonchev–Trinajstić information content (AvgIpc) is 3.24. The zero-order chi connectivity index (χ0) is 16.0. The zero-order valence-corrected chi connectivity index (χ0v) is 12.3. The molecule has 3 heterocycles. The van der Waals surface area contributed by atoms with Crippen LogP contribution in [0.25, 0.3) is 11.0 Å². The van der Waals surface area contributed by atoms with Crippen LogP contribution in [0.15, 0.2) is 34.9 Å². The van der Waals surface area contributed by atoms with Crippen molar-refractivity contribution >= 4 is 22.6 Å². The Kier molecular flexibility index (Phi) is 3.07. The quantitative estimate of drug-likeness (QED) is 0.760. The Hall–Kier alpha value is -2.83. The van der Waals surface area contributed by atoms with Gasteiger partial charge in [-0.2, -0.15) is 5.10 Å². The van der Waals surface area contributed by atoms with Gasteiger partial charge >= 0.3 is 0 Å². The molecule has 1 atom stereocenters. The van der Waals surface area contributed by atoms with E-state index < -0.39 is 5.82 Å². The van der Waals surface area contributed by atoms with Gasteiger partial charge in [-0.05, 0) is 18.6 Å². The molecule has 1 aliphatic heterocycles. The number of carbonyl (C=O) groups is 1. The Morgan fingerprint density at radius 2 is 2.35 bits per heavy atom. The molecule has 0 spiro atoms. The van der Waals surface area contributed by atoms with E-state index in [2.05, 4.69) is 10.2 Å². The molecule has 2 aromatic heterocycles. The van der Waals surface area contributed by atoms with Crippen molar-refractivity contribution in [3.05, 3.63) is 47.7 Å². The van der Waals surface area contributed by atoms with Crippen molar-refractivity contribution in [1.29, 1.82) is 0 Å². The van der Waals surface area contributed by atoms with Crippen LogP contribution in [-0.2, 0) is 0 Å². The largest absolute Gasteiger partial charge is 0.448 e. The molecule has 3 aromatic rings. The van der Waals surface area contributed by atoms with Gasteiger partial charge in [0.2, 0.25) is 0 Å². The fourth-order valence-corrected chi connectivity index (χ4v) is 3.10. The van der Waals surface area contributed by atoms with Crippen molar-refractivity contribution in [3.8, 4) is 0 Å². The second-order valence-corrected chi connectivity index (χ2v) is 5.74. The molecule has 0 bridgehead atoms. The van der Waals surface area contributed by atoms with Crippen molar-refractivity contribution in [2.75, 3.05) is 18.8 Å². The van der Waals surface area contributed by atoms with Crippen molar-refractivity contribution in [1.82, 2.24) is 15.1 Å². The Labute approximate surface area is 131 Å². The zero-order valence-electron chi connectivity index (χ0n) is 12.3. The number of aromatic amines is 1. The number of nitrogen functional groups attached to an aromatic ring is 1. The fourth-order valence-electron chi connectivity index (χ4n) is 3.10. The number of fused-ring (bicyclic) bond motifs is 1. The second kappa shape index (κ2) is 5.12. The second-order valence-electron chi connectivity index (χ2n) is 5.74. The SMILES string of the molecule is Nc1cn[nH]c1C1CCN(C(=O)c2cc3cccc(F)c3o2)C1. The van der Waals surface area contributed by atoms with Crippen LogP contribution >= 0.6 is 0 Å². The van der Waals surface area contributed by atoms with Crippen LogP contribution in [0.4, 0.5) is 10.1 Å². The highest BCUT2D eigenvalue weighted by atomic mass is 19.1. The minimum Gasteiger partial charge on any atom is -0.448 e. The van der Waals surface area contributed by atoms with E-state index in [4.69, 9.17) is 10.2 Å². The first-order chi connectivity index (χ1) is 11.1. The fraction of sp³-hybridized carbons (Fsp3) is 0.250. The molecular weight excluding hydrogens is 299 g/mol. The summed E-state index contributed by atoms with van der Waals surface area (Å²) in [5.74, 6) is -0.418. The molecule has 1 amide bonds. The van der Waals surface area contributed by atoms with E-state index in [0.717, 1.165) is 12.1 Å². The van der Waals surface area contributed by atoms with Crippen LogP contribution in [0.1, 0.15) is 28.6 Å². The lowest BCUT2D eigenvalue weighted by atomic mass is 10.0. The van der Waals surface area contributed by atoms with Gasteiger partial charge in [-0.25, -0.2) is 4.39 Å². The molecule has 6 nitrogen and oxygen atoms in total. The molecule has 3 N–H and O–H groups in total. The molecule has 0 radical (unpaired) electrons. The number of rotatable bonds is 2. The van der Waals surface area contributed by atoms with Gasteiger partial charge in [0.1, 0.15) is 0 Å². The third-order valence-electron chi connectivity index (χ3n) is 4.29. The predicted molar refractivity (Wildman–Crippen MR) is 82.4 cm³/mol. The number of halogens is 1. The molecular formula is C16H15FN4O2. The van der Waals surface area contributed by atoms with Crippen LogP contribution in [0, 0.1) is 5.82 Å². The van der Waals surface area contributed by atoms with Gasteiger partial charge in [0.15, 0.2) is 17.2 Å². The first-order valence-electron chi connectivity index (χ1n) is 7.39. The maximum atomic E-state index is 13.7. The third kappa shape index (κ3) is 2.25. The van der Waals surface area contributed by atoms with Crippen molar-refractivity contribution in [2.45, 2.75) is 12.3 Å². The number of nitrogens with zero attached hydrogens (tertiary/aromatic N) is 2. The van der Waals surface area contributed by atoms with Crippen molar-refractivity contribution in [2.24, 2.45) is 0 Å². The average molecular weight is 314 g/mol. The lowest BCUT2D eigenvalue weighted by molar-refractivity contribution is 0.0761.